The van der Waals surface area contributed by atoms with E-state index in [1.807, 2.05) is 0 Å². The molecule has 166 valence electrons. The minimum absolute atomic E-state index is 0.0388. The Morgan fingerprint density at radius 2 is 1.52 bits per heavy atom. The van der Waals surface area contributed by atoms with Gasteiger partial charge in [-0.2, -0.15) is 0 Å². The van der Waals surface area contributed by atoms with Crippen LogP contribution in [0.2, 0.25) is 0 Å². The quantitative estimate of drug-likeness (QED) is 0.555. The van der Waals surface area contributed by atoms with Gasteiger partial charge in [-0.15, -0.1) is 0 Å². The van der Waals surface area contributed by atoms with Crippen molar-refractivity contribution in [3.05, 3.63) is 59.4 Å². The van der Waals surface area contributed by atoms with E-state index in [4.69, 9.17) is 9.47 Å². The molecule has 3 N–H and O–H groups in total. The summed E-state index contributed by atoms with van der Waals surface area (Å²) in [4.78, 5) is 37.3. The second-order valence-corrected chi connectivity index (χ2v) is 7.14. The summed E-state index contributed by atoms with van der Waals surface area (Å²) in [5.74, 6) is -1.35. The van der Waals surface area contributed by atoms with Gasteiger partial charge in [0.1, 0.15) is 23.4 Å². The van der Waals surface area contributed by atoms with Crippen molar-refractivity contribution < 1.29 is 28.2 Å². The molecule has 0 spiro atoms. The van der Waals surface area contributed by atoms with Crippen molar-refractivity contribution in [3.63, 3.8) is 0 Å². The number of halogens is 1. The fourth-order valence-electron chi connectivity index (χ4n) is 2.74. The molecule has 1 atom stereocenters. The van der Waals surface area contributed by atoms with Crippen molar-refractivity contribution in [2.24, 2.45) is 5.92 Å². The maximum atomic E-state index is 12.9. The van der Waals surface area contributed by atoms with Crippen LogP contribution in [-0.2, 0) is 16.0 Å². The predicted molar refractivity (Wildman–Crippen MR) is 112 cm³/mol. The van der Waals surface area contributed by atoms with Gasteiger partial charge in [0, 0.05) is 11.6 Å². The number of methoxy groups -OCH3 is 2. The van der Waals surface area contributed by atoms with Crippen LogP contribution in [0.25, 0.3) is 0 Å². The number of amides is 3. The fraction of sp³-hybridized carbons (Fsp3) is 0.318. The van der Waals surface area contributed by atoms with Crippen LogP contribution in [0.15, 0.2) is 42.5 Å². The summed E-state index contributed by atoms with van der Waals surface area (Å²) < 4.78 is 23.3. The third-order valence-electron chi connectivity index (χ3n) is 4.45. The summed E-state index contributed by atoms with van der Waals surface area (Å²) in [7, 11) is 2.94. The van der Waals surface area contributed by atoms with Crippen molar-refractivity contribution in [2.45, 2.75) is 26.3 Å². The molecule has 0 aliphatic carbocycles. The molecule has 0 heterocycles. The van der Waals surface area contributed by atoms with Gasteiger partial charge in [0.05, 0.1) is 20.6 Å². The minimum Gasteiger partial charge on any atom is -0.497 e. The lowest BCUT2D eigenvalue weighted by molar-refractivity contribution is -0.130. The van der Waals surface area contributed by atoms with E-state index in [1.54, 1.807) is 19.9 Å². The average molecular weight is 431 g/mol. The predicted octanol–water partition coefficient (Wildman–Crippen LogP) is 1.99. The zero-order chi connectivity index (χ0) is 23.0. The highest BCUT2D eigenvalue weighted by molar-refractivity contribution is 5.98. The summed E-state index contributed by atoms with van der Waals surface area (Å²) in [5, 5.41) is 2.66. The Labute approximate surface area is 180 Å². The Bertz CT molecular complexity index is 909. The van der Waals surface area contributed by atoms with Crippen LogP contribution in [0.1, 0.15) is 29.8 Å². The van der Waals surface area contributed by atoms with E-state index < -0.39 is 29.6 Å². The zero-order valence-electron chi connectivity index (χ0n) is 17.8. The van der Waals surface area contributed by atoms with E-state index in [0.717, 1.165) is 0 Å². The maximum absolute atomic E-state index is 12.9. The van der Waals surface area contributed by atoms with Crippen molar-refractivity contribution >= 4 is 17.7 Å². The van der Waals surface area contributed by atoms with Crippen LogP contribution in [0.5, 0.6) is 11.5 Å². The first kappa shape index (κ1) is 23.7. The Morgan fingerprint density at radius 3 is 2.03 bits per heavy atom. The third kappa shape index (κ3) is 6.98. The molecule has 0 bridgehead atoms. The molecule has 2 aromatic carbocycles. The maximum Gasteiger partial charge on any atom is 0.261 e. The molecule has 0 saturated carbocycles. The van der Waals surface area contributed by atoms with E-state index >= 15 is 0 Å². The van der Waals surface area contributed by atoms with Crippen LogP contribution < -0.4 is 25.6 Å². The van der Waals surface area contributed by atoms with E-state index in [0.29, 0.717) is 17.1 Å². The molecule has 0 aromatic heterocycles. The molecule has 9 heteroatoms. The second-order valence-electron chi connectivity index (χ2n) is 7.14. The number of rotatable bonds is 8. The van der Waals surface area contributed by atoms with Gasteiger partial charge >= 0.3 is 0 Å². The topological polar surface area (TPSA) is 106 Å². The molecule has 0 radical (unpaired) electrons. The van der Waals surface area contributed by atoms with Crippen molar-refractivity contribution in [3.8, 4) is 11.5 Å². The minimum atomic E-state index is -0.907. The van der Waals surface area contributed by atoms with Crippen molar-refractivity contribution in [1.82, 2.24) is 16.2 Å². The lowest BCUT2D eigenvalue weighted by atomic mass is 10.0. The van der Waals surface area contributed by atoms with Crippen LogP contribution in [0.3, 0.4) is 0 Å². The van der Waals surface area contributed by atoms with Gasteiger partial charge in [-0.25, -0.2) is 4.39 Å². The number of hydrazine groups is 1. The molecule has 0 saturated heterocycles. The molecule has 3 amide bonds. The number of ether oxygens (including phenoxy) is 2. The first-order valence-corrected chi connectivity index (χ1v) is 9.60. The Hall–Kier alpha value is -3.62. The van der Waals surface area contributed by atoms with E-state index in [1.165, 1.54) is 50.6 Å². The molecule has 2 rings (SSSR count). The summed E-state index contributed by atoms with van der Waals surface area (Å²) in [6.07, 6.45) is -0.0388. The van der Waals surface area contributed by atoms with Crippen molar-refractivity contribution in [1.29, 1.82) is 0 Å². The first-order valence-electron chi connectivity index (χ1n) is 9.60. The summed E-state index contributed by atoms with van der Waals surface area (Å²) in [6.45, 7) is 3.52. The lowest BCUT2D eigenvalue weighted by Gasteiger charge is -2.22. The highest BCUT2D eigenvalue weighted by Gasteiger charge is 2.25. The van der Waals surface area contributed by atoms with Crippen LogP contribution in [0, 0.1) is 11.7 Å². The summed E-state index contributed by atoms with van der Waals surface area (Å²) in [5.41, 5.74) is 5.48. The number of benzene rings is 2. The number of carbonyl (C=O) groups excluding carboxylic acids is 3. The largest absolute Gasteiger partial charge is 0.497 e. The Morgan fingerprint density at radius 1 is 0.935 bits per heavy atom. The van der Waals surface area contributed by atoms with Crippen LogP contribution in [-0.4, -0.2) is 38.0 Å². The molecule has 0 aliphatic heterocycles. The molecule has 31 heavy (non-hydrogen) atoms. The molecule has 0 unspecified atom stereocenters. The monoisotopic (exact) mass is 431 g/mol. The summed E-state index contributed by atoms with van der Waals surface area (Å²) >= 11 is 0. The van der Waals surface area contributed by atoms with Gasteiger partial charge in [-0.3, -0.25) is 25.2 Å². The van der Waals surface area contributed by atoms with E-state index in [-0.39, 0.29) is 17.9 Å². The van der Waals surface area contributed by atoms with Crippen molar-refractivity contribution in [2.75, 3.05) is 14.2 Å². The molecule has 2 aromatic rings. The van der Waals surface area contributed by atoms with E-state index in [2.05, 4.69) is 16.2 Å². The molecule has 0 fully saturated rings. The van der Waals surface area contributed by atoms with Crippen LogP contribution in [0.4, 0.5) is 4.39 Å². The SMILES string of the molecule is COc1cc(OC)cc(C(=O)N[C@@H](C(=O)NNC(=O)Cc2ccc(F)cc2)C(C)C)c1. The highest BCUT2D eigenvalue weighted by Crippen LogP contribution is 2.22. The van der Waals surface area contributed by atoms with Gasteiger partial charge in [0.15, 0.2) is 0 Å². The standard InChI is InChI=1S/C22H26FN3O5/c1-13(2)20(24-21(28)15-10-17(30-3)12-18(11-15)31-4)22(29)26-25-19(27)9-14-5-7-16(23)8-6-14/h5-8,10-13,20H,9H2,1-4H3,(H,24,28)(H,25,27)(H,26,29)/t20-/m1/s1. The van der Waals surface area contributed by atoms with Crippen LogP contribution >= 0.6 is 0 Å². The smallest absolute Gasteiger partial charge is 0.261 e. The molecular weight excluding hydrogens is 405 g/mol. The van der Waals surface area contributed by atoms with Gasteiger partial charge in [0.2, 0.25) is 5.91 Å². The van der Waals surface area contributed by atoms with E-state index in [9.17, 15) is 18.8 Å². The molecule has 0 aliphatic rings. The van der Waals surface area contributed by atoms with Gasteiger partial charge in [-0.1, -0.05) is 26.0 Å². The zero-order valence-corrected chi connectivity index (χ0v) is 17.8. The Balaban J connectivity index is 1.99. The normalized spacial score (nSPS) is 11.4. The number of nitrogens with one attached hydrogen (secondary N) is 3. The molecular formula is C22H26FN3O5. The highest BCUT2D eigenvalue weighted by atomic mass is 19.1. The second kappa shape index (κ2) is 11.0. The summed E-state index contributed by atoms with van der Waals surface area (Å²) in [6, 6.07) is 9.23. The Kier molecular flexibility index (Phi) is 8.36. The third-order valence-corrected chi connectivity index (χ3v) is 4.45. The number of hydrogen-bond acceptors (Lipinski definition) is 5. The lowest BCUT2D eigenvalue weighted by Crippen LogP contribution is -2.54. The average Bonchev–Trinajstić information content (AvgIpc) is 2.76. The fourth-order valence-corrected chi connectivity index (χ4v) is 2.74. The molecule has 8 nitrogen and oxygen atoms in total. The van der Waals surface area contributed by atoms with Gasteiger partial charge < -0.3 is 14.8 Å². The van der Waals surface area contributed by atoms with Gasteiger partial charge in [0.25, 0.3) is 11.8 Å². The number of hydrogen-bond donors (Lipinski definition) is 3. The first-order chi connectivity index (χ1) is 14.7. The van der Waals surface area contributed by atoms with Gasteiger partial charge in [-0.05, 0) is 35.7 Å². The number of carbonyl (C=O) groups is 3.